The third kappa shape index (κ3) is 5.43. The normalized spacial score (nSPS) is 11.8. The first kappa shape index (κ1) is 15.7. The maximum absolute atomic E-state index is 12.1. The van der Waals surface area contributed by atoms with E-state index in [0.29, 0.717) is 11.4 Å². The van der Waals surface area contributed by atoms with E-state index in [4.69, 9.17) is 5.73 Å². The van der Waals surface area contributed by atoms with Gasteiger partial charge in [-0.1, -0.05) is 11.8 Å². The molecule has 19 heavy (non-hydrogen) atoms. The summed E-state index contributed by atoms with van der Waals surface area (Å²) < 4.78 is 0. The van der Waals surface area contributed by atoms with Crippen molar-refractivity contribution in [1.29, 1.82) is 0 Å². The zero-order valence-corrected chi connectivity index (χ0v) is 12.5. The lowest BCUT2D eigenvalue weighted by molar-refractivity contribution is 0.0940. The second-order valence-corrected chi connectivity index (χ2v) is 5.55. The van der Waals surface area contributed by atoms with Crippen LogP contribution in [-0.2, 0) is 0 Å². The molecule has 0 radical (unpaired) electrons. The van der Waals surface area contributed by atoms with E-state index in [1.165, 1.54) is 11.3 Å². The predicted octanol–water partition coefficient (Wildman–Crippen LogP) is 1.13. The first-order chi connectivity index (χ1) is 9.04. The summed E-state index contributed by atoms with van der Waals surface area (Å²) in [6.07, 6.45) is 0.925. The summed E-state index contributed by atoms with van der Waals surface area (Å²) in [5.74, 6) is 5.65. The lowest BCUT2D eigenvalue weighted by Crippen LogP contribution is -2.34. The fraction of sp³-hybridized carbons (Fsp3) is 0.500. The molecular weight excluding hydrogens is 258 g/mol. The van der Waals surface area contributed by atoms with Gasteiger partial charge in [0, 0.05) is 11.6 Å². The van der Waals surface area contributed by atoms with Gasteiger partial charge in [-0.3, -0.25) is 4.79 Å². The third-order valence-corrected chi connectivity index (χ3v) is 3.50. The molecule has 0 aliphatic heterocycles. The van der Waals surface area contributed by atoms with Crippen LogP contribution in [0.1, 0.15) is 28.6 Å². The van der Waals surface area contributed by atoms with Crippen LogP contribution in [0, 0.1) is 11.8 Å². The molecule has 1 aromatic heterocycles. The number of thiophene rings is 1. The number of nitrogens with zero attached hydrogens (tertiary/aromatic N) is 1. The Kier molecular flexibility index (Phi) is 6.57. The van der Waals surface area contributed by atoms with Crippen LogP contribution in [0.25, 0.3) is 0 Å². The summed E-state index contributed by atoms with van der Waals surface area (Å²) in [4.78, 5) is 14.9. The Morgan fingerprint density at radius 2 is 2.32 bits per heavy atom. The van der Waals surface area contributed by atoms with Crippen LogP contribution in [0.3, 0.4) is 0 Å². The molecule has 0 saturated carbocycles. The molecule has 4 nitrogen and oxygen atoms in total. The third-order valence-electron chi connectivity index (χ3n) is 2.58. The molecule has 1 aromatic rings. The maximum Gasteiger partial charge on any atom is 0.262 e. The molecule has 0 spiro atoms. The van der Waals surface area contributed by atoms with Gasteiger partial charge in [-0.2, -0.15) is 0 Å². The van der Waals surface area contributed by atoms with E-state index in [9.17, 15) is 4.79 Å². The molecule has 0 aromatic carbocycles. The Balaban J connectivity index is 2.60. The van der Waals surface area contributed by atoms with Gasteiger partial charge in [0.15, 0.2) is 0 Å². The Morgan fingerprint density at radius 3 is 2.95 bits per heavy atom. The Hall–Kier alpha value is -1.35. The van der Waals surface area contributed by atoms with E-state index < -0.39 is 0 Å². The van der Waals surface area contributed by atoms with Crippen molar-refractivity contribution < 1.29 is 4.79 Å². The van der Waals surface area contributed by atoms with E-state index >= 15 is 0 Å². The molecule has 0 bridgehead atoms. The molecule has 0 fully saturated rings. The summed E-state index contributed by atoms with van der Waals surface area (Å²) in [7, 11) is 4.04. The topological polar surface area (TPSA) is 58.4 Å². The molecular formula is C14H21N3OS. The average Bonchev–Trinajstić information content (AvgIpc) is 2.82. The van der Waals surface area contributed by atoms with E-state index in [-0.39, 0.29) is 11.9 Å². The molecule has 104 valence electrons. The van der Waals surface area contributed by atoms with Crippen LogP contribution < -0.4 is 11.1 Å². The minimum atomic E-state index is -0.0532. The van der Waals surface area contributed by atoms with Crippen LogP contribution in [0.15, 0.2) is 11.4 Å². The van der Waals surface area contributed by atoms with Gasteiger partial charge in [0.05, 0.1) is 6.54 Å². The average molecular weight is 279 g/mol. The molecule has 1 heterocycles. The predicted molar refractivity (Wildman–Crippen MR) is 80.4 cm³/mol. The number of amides is 1. The molecule has 1 unspecified atom stereocenters. The van der Waals surface area contributed by atoms with E-state index in [2.05, 4.69) is 22.1 Å². The van der Waals surface area contributed by atoms with Crippen molar-refractivity contribution in [3.63, 3.8) is 0 Å². The van der Waals surface area contributed by atoms with Gasteiger partial charge < -0.3 is 16.0 Å². The number of nitrogens with two attached hydrogens (primary N) is 1. The summed E-state index contributed by atoms with van der Waals surface area (Å²) in [5, 5.41) is 4.88. The van der Waals surface area contributed by atoms with Crippen LogP contribution in [-0.4, -0.2) is 44.0 Å². The van der Waals surface area contributed by atoms with Crippen molar-refractivity contribution in [2.45, 2.75) is 19.4 Å². The Morgan fingerprint density at radius 1 is 1.58 bits per heavy atom. The molecule has 0 aliphatic rings. The fourth-order valence-corrected chi connectivity index (χ4v) is 2.30. The summed E-state index contributed by atoms with van der Waals surface area (Å²) >= 11 is 1.41. The highest BCUT2D eigenvalue weighted by Gasteiger charge is 2.14. The van der Waals surface area contributed by atoms with Crippen LogP contribution >= 0.6 is 11.3 Å². The number of nitrogens with one attached hydrogen (secondary N) is 1. The summed E-state index contributed by atoms with van der Waals surface area (Å²) in [6, 6.07) is 2.00. The first-order valence-electron chi connectivity index (χ1n) is 6.26. The van der Waals surface area contributed by atoms with Crippen LogP contribution in [0.2, 0.25) is 0 Å². The lowest BCUT2D eigenvalue weighted by Gasteiger charge is -2.16. The highest BCUT2D eigenvalue weighted by molar-refractivity contribution is 7.12. The van der Waals surface area contributed by atoms with Crippen LogP contribution in [0.4, 0.5) is 0 Å². The number of rotatable bonds is 5. The van der Waals surface area contributed by atoms with Gasteiger partial charge in [0.25, 0.3) is 5.91 Å². The Labute approximate surface area is 119 Å². The number of hydrogen-bond acceptors (Lipinski definition) is 4. The number of carbonyl (C=O) groups is 1. The molecule has 1 atom stereocenters. The van der Waals surface area contributed by atoms with Crippen molar-refractivity contribution >= 4 is 17.2 Å². The Bertz CT molecular complexity index is 471. The molecule has 1 amide bonds. The second-order valence-electron chi connectivity index (χ2n) is 4.64. The van der Waals surface area contributed by atoms with Gasteiger partial charge in [-0.15, -0.1) is 11.3 Å². The summed E-state index contributed by atoms with van der Waals surface area (Å²) in [6.45, 7) is 3.27. The molecule has 1 rings (SSSR count). The largest absolute Gasteiger partial charge is 0.349 e. The monoisotopic (exact) mass is 279 g/mol. The minimum absolute atomic E-state index is 0.0532. The molecule has 5 heteroatoms. The van der Waals surface area contributed by atoms with Gasteiger partial charge >= 0.3 is 0 Å². The minimum Gasteiger partial charge on any atom is -0.349 e. The standard InChI is InChI=1S/C14H21N3OS/c1-11(6-9-17(2)3)16-14(18)13-12(5-4-8-15)7-10-19-13/h7,10-11H,6,8-9,15H2,1-3H3,(H,16,18). The van der Waals surface area contributed by atoms with Crippen molar-refractivity contribution in [3.05, 3.63) is 21.9 Å². The molecule has 0 saturated heterocycles. The van der Waals surface area contributed by atoms with E-state index in [1.54, 1.807) is 0 Å². The smallest absolute Gasteiger partial charge is 0.262 e. The van der Waals surface area contributed by atoms with E-state index in [0.717, 1.165) is 18.5 Å². The number of hydrogen-bond donors (Lipinski definition) is 2. The number of carbonyl (C=O) groups excluding carboxylic acids is 1. The van der Waals surface area contributed by atoms with Crippen molar-refractivity contribution in [3.8, 4) is 11.8 Å². The van der Waals surface area contributed by atoms with Gasteiger partial charge in [0.2, 0.25) is 0 Å². The fourth-order valence-electron chi connectivity index (χ4n) is 1.54. The maximum atomic E-state index is 12.1. The zero-order valence-electron chi connectivity index (χ0n) is 11.7. The van der Waals surface area contributed by atoms with Gasteiger partial charge in [0.1, 0.15) is 4.88 Å². The van der Waals surface area contributed by atoms with Crippen molar-refractivity contribution in [2.24, 2.45) is 5.73 Å². The lowest BCUT2D eigenvalue weighted by atomic mass is 10.2. The van der Waals surface area contributed by atoms with Gasteiger partial charge in [-0.05, 0) is 45.4 Å². The molecule has 3 N–H and O–H groups in total. The molecule has 0 aliphatic carbocycles. The highest BCUT2D eigenvalue weighted by atomic mass is 32.1. The van der Waals surface area contributed by atoms with Crippen LogP contribution in [0.5, 0.6) is 0 Å². The zero-order chi connectivity index (χ0) is 14.3. The van der Waals surface area contributed by atoms with Crippen molar-refractivity contribution in [1.82, 2.24) is 10.2 Å². The summed E-state index contributed by atoms with van der Waals surface area (Å²) in [5.41, 5.74) is 6.10. The second kappa shape index (κ2) is 7.95. The quantitative estimate of drug-likeness (QED) is 0.794. The van der Waals surface area contributed by atoms with E-state index in [1.807, 2.05) is 32.5 Å². The highest BCUT2D eigenvalue weighted by Crippen LogP contribution is 2.15. The van der Waals surface area contributed by atoms with Gasteiger partial charge in [-0.25, -0.2) is 0 Å². The SMILES string of the molecule is CC(CCN(C)C)NC(=O)c1sccc1C#CCN. The first-order valence-corrected chi connectivity index (χ1v) is 7.14. The van der Waals surface area contributed by atoms with Crippen molar-refractivity contribution in [2.75, 3.05) is 27.2 Å².